The first-order valence-electron chi connectivity index (χ1n) is 6.40. The minimum Gasteiger partial charge on any atom is -0.397 e. The van der Waals surface area contributed by atoms with Crippen molar-refractivity contribution in [2.24, 2.45) is 0 Å². The first kappa shape index (κ1) is 14.4. The number of nitrogens with two attached hydrogens (primary N) is 1. The molecule has 2 aromatic rings. The van der Waals surface area contributed by atoms with E-state index < -0.39 is 0 Å². The van der Waals surface area contributed by atoms with Crippen molar-refractivity contribution in [3.05, 3.63) is 46.2 Å². The van der Waals surface area contributed by atoms with E-state index in [0.29, 0.717) is 11.3 Å². The van der Waals surface area contributed by atoms with Crippen LogP contribution < -0.4 is 11.1 Å². The number of amides is 1. The highest BCUT2D eigenvalue weighted by Gasteiger charge is 2.12. The maximum absolute atomic E-state index is 11.9. The van der Waals surface area contributed by atoms with E-state index >= 15 is 0 Å². The molecular weight excluding hydrogens is 270 g/mol. The van der Waals surface area contributed by atoms with Gasteiger partial charge in [-0.1, -0.05) is 6.07 Å². The summed E-state index contributed by atoms with van der Waals surface area (Å²) in [5.41, 5.74) is 8.06. The zero-order chi connectivity index (χ0) is 14.7. The molecule has 5 heteroatoms. The lowest BCUT2D eigenvalue weighted by Crippen LogP contribution is -2.21. The van der Waals surface area contributed by atoms with Gasteiger partial charge in [-0.25, -0.2) is 0 Å². The van der Waals surface area contributed by atoms with Crippen LogP contribution in [0.3, 0.4) is 0 Å². The molecule has 0 fully saturated rings. The Morgan fingerprint density at radius 2 is 2.10 bits per heavy atom. The summed E-state index contributed by atoms with van der Waals surface area (Å²) < 4.78 is 0. The highest BCUT2D eigenvalue weighted by molar-refractivity contribution is 7.10. The maximum atomic E-state index is 11.9. The molecule has 1 atom stereocenters. The summed E-state index contributed by atoms with van der Waals surface area (Å²) >= 11 is 1.70. The topological polar surface area (TPSA) is 58.4 Å². The molecule has 20 heavy (non-hydrogen) atoms. The van der Waals surface area contributed by atoms with E-state index in [4.69, 9.17) is 5.73 Å². The quantitative estimate of drug-likeness (QED) is 0.850. The number of anilines is 2. The third kappa shape index (κ3) is 3.11. The molecule has 1 aromatic heterocycles. The van der Waals surface area contributed by atoms with E-state index in [1.807, 2.05) is 12.1 Å². The van der Waals surface area contributed by atoms with Gasteiger partial charge in [-0.2, -0.15) is 0 Å². The van der Waals surface area contributed by atoms with Gasteiger partial charge in [0.25, 0.3) is 5.91 Å². The highest BCUT2D eigenvalue weighted by atomic mass is 32.1. The molecule has 0 bridgehead atoms. The van der Waals surface area contributed by atoms with Gasteiger partial charge >= 0.3 is 0 Å². The number of nitrogens with zero attached hydrogens (tertiary/aromatic N) is 1. The second-order valence-electron chi connectivity index (χ2n) is 4.88. The molecule has 1 heterocycles. The van der Waals surface area contributed by atoms with E-state index in [9.17, 15) is 4.79 Å². The van der Waals surface area contributed by atoms with Crippen LogP contribution in [0, 0.1) is 0 Å². The van der Waals surface area contributed by atoms with Crippen molar-refractivity contribution >= 4 is 28.6 Å². The molecule has 0 saturated carbocycles. The Hall–Kier alpha value is -2.01. The highest BCUT2D eigenvalue weighted by Crippen LogP contribution is 2.27. The fourth-order valence-electron chi connectivity index (χ4n) is 1.93. The number of carbonyl (C=O) groups is 1. The van der Waals surface area contributed by atoms with Crippen LogP contribution in [0.5, 0.6) is 0 Å². The van der Waals surface area contributed by atoms with Crippen LogP contribution in [0.15, 0.2) is 35.7 Å². The van der Waals surface area contributed by atoms with Crippen LogP contribution in [0.25, 0.3) is 0 Å². The largest absolute Gasteiger partial charge is 0.397 e. The predicted octanol–water partition coefficient (Wildman–Crippen LogP) is 3.21. The van der Waals surface area contributed by atoms with E-state index in [1.54, 1.807) is 37.6 Å². The van der Waals surface area contributed by atoms with Gasteiger partial charge in [-0.15, -0.1) is 11.3 Å². The monoisotopic (exact) mass is 289 g/mol. The second-order valence-corrected chi connectivity index (χ2v) is 5.86. The van der Waals surface area contributed by atoms with Gasteiger partial charge in [0.2, 0.25) is 0 Å². The summed E-state index contributed by atoms with van der Waals surface area (Å²) in [6.07, 6.45) is 0. The summed E-state index contributed by atoms with van der Waals surface area (Å²) in [5, 5.41) is 5.42. The minimum absolute atomic E-state index is 0.0467. The number of rotatable bonds is 4. The van der Waals surface area contributed by atoms with Crippen LogP contribution in [0.2, 0.25) is 0 Å². The standard InChI is InChI=1S/C15H19N3OS/c1-10(14-5-4-8-20-14)17-13-7-6-11(9-12(13)16)15(19)18(2)3/h4-10,17H,16H2,1-3H3. The fourth-order valence-corrected chi connectivity index (χ4v) is 2.66. The Morgan fingerprint density at radius 1 is 1.35 bits per heavy atom. The van der Waals surface area contributed by atoms with Crippen molar-refractivity contribution in [2.75, 3.05) is 25.1 Å². The Morgan fingerprint density at radius 3 is 2.65 bits per heavy atom. The summed E-state index contributed by atoms with van der Waals surface area (Å²) in [7, 11) is 3.45. The first-order valence-corrected chi connectivity index (χ1v) is 7.28. The number of hydrogen-bond donors (Lipinski definition) is 2. The zero-order valence-corrected chi connectivity index (χ0v) is 12.7. The van der Waals surface area contributed by atoms with Gasteiger partial charge in [0, 0.05) is 24.5 Å². The maximum Gasteiger partial charge on any atom is 0.253 e. The van der Waals surface area contributed by atoms with Crippen molar-refractivity contribution in [3.63, 3.8) is 0 Å². The molecule has 4 nitrogen and oxygen atoms in total. The van der Waals surface area contributed by atoms with Crippen molar-refractivity contribution in [2.45, 2.75) is 13.0 Å². The van der Waals surface area contributed by atoms with Crippen molar-refractivity contribution in [1.82, 2.24) is 4.90 Å². The van der Waals surface area contributed by atoms with Crippen LogP contribution >= 0.6 is 11.3 Å². The van der Waals surface area contributed by atoms with Gasteiger partial charge in [0.05, 0.1) is 17.4 Å². The summed E-state index contributed by atoms with van der Waals surface area (Å²) in [5.74, 6) is -0.0467. The predicted molar refractivity (Wildman–Crippen MR) is 85.2 cm³/mol. The SMILES string of the molecule is CC(Nc1ccc(C(=O)N(C)C)cc1N)c1cccs1. The van der Waals surface area contributed by atoms with Crippen molar-refractivity contribution in [3.8, 4) is 0 Å². The van der Waals surface area contributed by atoms with E-state index in [-0.39, 0.29) is 11.9 Å². The van der Waals surface area contributed by atoms with Crippen LogP contribution in [-0.2, 0) is 0 Å². The molecule has 0 aliphatic carbocycles. The summed E-state index contributed by atoms with van der Waals surface area (Å²) in [4.78, 5) is 14.7. The number of nitrogen functional groups attached to an aromatic ring is 1. The summed E-state index contributed by atoms with van der Waals surface area (Å²) in [6, 6.07) is 9.67. The Balaban J connectivity index is 2.16. The molecule has 0 saturated heterocycles. The van der Waals surface area contributed by atoms with Gasteiger partial charge in [-0.05, 0) is 36.6 Å². The van der Waals surface area contributed by atoms with Crippen LogP contribution in [-0.4, -0.2) is 24.9 Å². The third-order valence-corrected chi connectivity index (χ3v) is 4.10. The lowest BCUT2D eigenvalue weighted by molar-refractivity contribution is 0.0827. The normalized spacial score (nSPS) is 11.9. The molecule has 0 spiro atoms. The fraction of sp³-hybridized carbons (Fsp3) is 0.267. The molecule has 3 N–H and O–H groups in total. The molecule has 1 aromatic carbocycles. The lowest BCUT2D eigenvalue weighted by Gasteiger charge is -2.17. The number of carbonyl (C=O) groups excluding carboxylic acids is 1. The molecule has 0 aliphatic rings. The average molecular weight is 289 g/mol. The number of benzene rings is 1. The number of hydrogen-bond acceptors (Lipinski definition) is 4. The average Bonchev–Trinajstić information content (AvgIpc) is 2.94. The van der Waals surface area contributed by atoms with E-state index in [1.165, 1.54) is 9.78 Å². The van der Waals surface area contributed by atoms with Crippen LogP contribution in [0.1, 0.15) is 28.2 Å². The van der Waals surface area contributed by atoms with E-state index in [2.05, 4.69) is 23.7 Å². The van der Waals surface area contributed by atoms with Gasteiger partial charge in [0.1, 0.15) is 0 Å². The molecule has 1 unspecified atom stereocenters. The first-order chi connectivity index (χ1) is 9.49. The molecule has 1 amide bonds. The van der Waals surface area contributed by atoms with Gasteiger partial charge in [-0.3, -0.25) is 4.79 Å². The van der Waals surface area contributed by atoms with Crippen molar-refractivity contribution < 1.29 is 4.79 Å². The molecule has 2 rings (SSSR count). The molecule has 0 aliphatic heterocycles. The van der Waals surface area contributed by atoms with E-state index in [0.717, 1.165) is 5.69 Å². The van der Waals surface area contributed by atoms with Gasteiger partial charge < -0.3 is 16.0 Å². The smallest absolute Gasteiger partial charge is 0.253 e. The Bertz CT molecular complexity index is 593. The zero-order valence-electron chi connectivity index (χ0n) is 11.9. The minimum atomic E-state index is -0.0467. The van der Waals surface area contributed by atoms with Crippen LogP contribution in [0.4, 0.5) is 11.4 Å². The number of thiophene rings is 1. The molecule has 0 radical (unpaired) electrons. The molecular formula is C15H19N3OS. The lowest BCUT2D eigenvalue weighted by atomic mass is 10.1. The Labute approximate surface area is 123 Å². The summed E-state index contributed by atoms with van der Waals surface area (Å²) in [6.45, 7) is 2.09. The molecule has 106 valence electrons. The van der Waals surface area contributed by atoms with Crippen molar-refractivity contribution in [1.29, 1.82) is 0 Å². The van der Waals surface area contributed by atoms with Gasteiger partial charge in [0.15, 0.2) is 0 Å². The third-order valence-electron chi connectivity index (χ3n) is 3.05. The Kier molecular flexibility index (Phi) is 4.29. The number of nitrogens with one attached hydrogen (secondary N) is 1. The second kappa shape index (κ2) is 5.96.